The Morgan fingerprint density at radius 3 is 2.45 bits per heavy atom. The van der Waals surface area contributed by atoms with Crippen molar-refractivity contribution in [3.8, 4) is 5.75 Å². The molecule has 0 radical (unpaired) electrons. The number of rotatable bonds is 10. The number of benzene rings is 2. The van der Waals surface area contributed by atoms with E-state index in [1.807, 2.05) is 57.2 Å². The molecule has 0 saturated heterocycles. The SMILES string of the molecule is CC.CCN(c1cccc(F)n1)c1ncc(CCOc2ccc(CC(=O)OC)c3ccccc23)cc1C(=O)NC. The summed E-state index contributed by atoms with van der Waals surface area (Å²) in [5, 5.41) is 4.47. The van der Waals surface area contributed by atoms with Gasteiger partial charge in [0.25, 0.3) is 5.91 Å². The lowest BCUT2D eigenvalue weighted by Gasteiger charge is -2.23. The third-order valence-corrected chi connectivity index (χ3v) is 6.13. The van der Waals surface area contributed by atoms with Crippen LogP contribution in [0.25, 0.3) is 10.8 Å². The first-order valence-electron chi connectivity index (χ1n) is 13.3. The van der Waals surface area contributed by atoms with Gasteiger partial charge in [0.05, 0.1) is 25.7 Å². The Bertz CT molecular complexity index is 1460. The second-order valence-electron chi connectivity index (χ2n) is 8.48. The molecular weight excluding hydrogens is 511 g/mol. The Morgan fingerprint density at radius 1 is 1.02 bits per heavy atom. The fraction of sp³-hybridized carbons (Fsp3) is 0.290. The lowest BCUT2D eigenvalue weighted by Crippen LogP contribution is -2.26. The molecule has 0 aliphatic carbocycles. The van der Waals surface area contributed by atoms with E-state index in [1.165, 1.54) is 13.2 Å². The second-order valence-corrected chi connectivity index (χ2v) is 8.48. The first-order chi connectivity index (χ1) is 19.4. The highest BCUT2D eigenvalue weighted by Gasteiger charge is 2.20. The van der Waals surface area contributed by atoms with E-state index in [4.69, 9.17) is 9.47 Å². The summed E-state index contributed by atoms with van der Waals surface area (Å²) >= 11 is 0. The molecule has 4 aromatic rings. The number of carbonyl (C=O) groups excluding carboxylic acids is 2. The number of methoxy groups -OCH3 is 1. The lowest BCUT2D eigenvalue weighted by molar-refractivity contribution is -0.139. The number of hydrogen-bond acceptors (Lipinski definition) is 7. The number of hydrogen-bond donors (Lipinski definition) is 1. The Balaban J connectivity index is 0.00000216. The minimum absolute atomic E-state index is 0.178. The predicted molar refractivity (Wildman–Crippen MR) is 155 cm³/mol. The van der Waals surface area contributed by atoms with Gasteiger partial charge in [0.2, 0.25) is 5.95 Å². The topological polar surface area (TPSA) is 93.7 Å². The van der Waals surface area contributed by atoms with Crippen LogP contribution in [0.15, 0.2) is 66.9 Å². The summed E-state index contributed by atoms with van der Waals surface area (Å²) in [5.41, 5.74) is 2.03. The fourth-order valence-corrected chi connectivity index (χ4v) is 4.24. The Kier molecular flexibility index (Phi) is 10.9. The van der Waals surface area contributed by atoms with Gasteiger partial charge in [-0.3, -0.25) is 9.59 Å². The number of amides is 1. The van der Waals surface area contributed by atoms with Crippen LogP contribution >= 0.6 is 0 Å². The maximum atomic E-state index is 13.8. The van der Waals surface area contributed by atoms with Crippen LogP contribution in [0.4, 0.5) is 16.0 Å². The molecule has 0 bridgehead atoms. The molecular formula is C31H35FN4O4. The van der Waals surface area contributed by atoms with Crippen LogP contribution in [0.2, 0.25) is 0 Å². The summed E-state index contributed by atoms with van der Waals surface area (Å²) in [6, 6.07) is 17.7. The number of esters is 1. The van der Waals surface area contributed by atoms with Crippen LogP contribution in [-0.4, -0.2) is 49.2 Å². The van der Waals surface area contributed by atoms with E-state index in [0.29, 0.717) is 42.5 Å². The van der Waals surface area contributed by atoms with Gasteiger partial charge in [0, 0.05) is 31.6 Å². The minimum Gasteiger partial charge on any atom is -0.493 e. The molecule has 210 valence electrons. The smallest absolute Gasteiger partial charge is 0.309 e. The van der Waals surface area contributed by atoms with Gasteiger partial charge in [-0.1, -0.05) is 50.2 Å². The maximum absolute atomic E-state index is 13.8. The van der Waals surface area contributed by atoms with Gasteiger partial charge >= 0.3 is 5.97 Å². The van der Waals surface area contributed by atoms with Gasteiger partial charge in [-0.05, 0) is 47.7 Å². The van der Waals surface area contributed by atoms with Crippen LogP contribution in [-0.2, 0) is 22.4 Å². The first kappa shape index (κ1) is 30.0. The second kappa shape index (κ2) is 14.6. The molecule has 2 aromatic heterocycles. The molecule has 0 aliphatic heterocycles. The van der Waals surface area contributed by atoms with Gasteiger partial charge in [0.15, 0.2) is 0 Å². The summed E-state index contributed by atoms with van der Waals surface area (Å²) in [4.78, 5) is 34.7. The highest BCUT2D eigenvalue weighted by atomic mass is 19.1. The van der Waals surface area contributed by atoms with Crippen molar-refractivity contribution in [3.63, 3.8) is 0 Å². The molecule has 1 amide bonds. The molecule has 2 aromatic carbocycles. The van der Waals surface area contributed by atoms with E-state index >= 15 is 0 Å². The van der Waals surface area contributed by atoms with E-state index in [1.54, 1.807) is 36.3 Å². The molecule has 0 aliphatic rings. The van der Waals surface area contributed by atoms with Crippen molar-refractivity contribution in [1.29, 1.82) is 0 Å². The summed E-state index contributed by atoms with van der Waals surface area (Å²) in [6.07, 6.45) is 2.36. The Labute approximate surface area is 234 Å². The normalized spacial score (nSPS) is 10.3. The quantitative estimate of drug-likeness (QED) is 0.203. The summed E-state index contributed by atoms with van der Waals surface area (Å²) in [5.74, 6) is 0.228. The zero-order valence-corrected chi connectivity index (χ0v) is 23.5. The standard InChI is InChI=1S/C29H29FN4O4.C2H6/c1-4-34(26-11-7-10-25(30)33-26)28-23(29(36)31-2)16-19(18-32-28)14-15-38-24-13-12-20(17-27(35)37-3)21-8-5-6-9-22(21)24;1-2/h5-13,16,18H,4,14-15,17H2,1-3H3,(H,31,36);1-2H3. The average molecular weight is 547 g/mol. The van der Waals surface area contributed by atoms with Gasteiger partial charge in [-0.2, -0.15) is 4.39 Å². The molecule has 0 atom stereocenters. The number of pyridine rings is 2. The summed E-state index contributed by atoms with van der Waals surface area (Å²) < 4.78 is 24.7. The largest absolute Gasteiger partial charge is 0.493 e. The lowest BCUT2D eigenvalue weighted by atomic mass is 10.0. The van der Waals surface area contributed by atoms with Crippen LogP contribution in [0, 0.1) is 5.95 Å². The van der Waals surface area contributed by atoms with E-state index in [9.17, 15) is 14.0 Å². The minimum atomic E-state index is -0.609. The van der Waals surface area contributed by atoms with E-state index in [2.05, 4.69) is 15.3 Å². The highest BCUT2D eigenvalue weighted by Crippen LogP contribution is 2.30. The van der Waals surface area contributed by atoms with Crippen molar-refractivity contribution >= 4 is 34.3 Å². The molecule has 0 fully saturated rings. The third-order valence-electron chi connectivity index (χ3n) is 6.13. The summed E-state index contributed by atoms with van der Waals surface area (Å²) in [7, 11) is 2.92. The molecule has 40 heavy (non-hydrogen) atoms. The number of nitrogens with zero attached hydrogens (tertiary/aromatic N) is 3. The van der Waals surface area contributed by atoms with E-state index < -0.39 is 5.95 Å². The Morgan fingerprint density at radius 2 is 1.77 bits per heavy atom. The molecule has 8 nitrogen and oxygen atoms in total. The van der Waals surface area contributed by atoms with Gasteiger partial charge in [0.1, 0.15) is 17.4 Å². The van der Waals surface area contributed by atoms with Crippen LogP contribution in [0.1, 0.15) is 42.3 Å². The van der Waals surface area contributed by atoms with Crippen molar-refractivity contribution in [2.24, 2.45) is 0 Å². The van der Waals surface area contributed by atoms with Gasteiger partial charge < -0.3 is 19.7 Å². The molecule has 1 N–H and O–H groups in total. The van der Waals surface area contributed by atoms with Gasteiger partial charge in [-0.25, -0.2) is 9.97 Å². The molecule has 0 unspecified atom stereocenters. The predicted octanol–water partition coefficient (Wildman–Crippen LogP) is 5.65. The Hall–Kier alpha value is -4.53. The summed E-state index contributed by atoms with van der Waals surface area (Å²) in [6.45, 7) is 6.66. The molecule has 0 saturated carbocycles. The zero-order valence-electron chi connectivity index (χ0n) is 23.5. The zero-order chi connectivity index (χ0) is 29.1. The molecule has 2 heterocycles. The molecule has 4 rings (SSSR count). The monoisotopic (exact) mass is 546 g/mol. The van der Waals surface area contributed by atoms with Crippen molar-refractivity contribution < 1.29 is 23.5 Å². The average Bonchev–Trinajstić information content (AvgIpc) is 2.99. The van der Waals surface area contributed by atoms with Crippen LogP contribution in [0.5, 0.6) is 5.75 Å². The number of halogens is 1. The number of nitrogens with one attached hydrogen (secondary N) is 1. The van der Waals surface area contributed by atoms with Crippen LogP contribution in [0.3, 0.4) is 0 Å². The van der Waals surface area contributed by atoms with E-state index in [0.717, 1.165) is 21.9 Å². The molecule has 9 heteroatoms. The molecule has 0 spiro atoms. The van der Waals surface area contributed by atoms with Crippen LogP contribution < -0.4 is 15.0 Å². The number of aromatic nitrogens is 2. The highest BCUT2D eigenvalue weighted by molar-refractivity contribution is 5.99. The fourth-order valence-electron chi connectivity index (χ4n) is 4.24. The van der Waals surface area contributed by atoms with Crippen molar-refractivity contribution in [2.45, 2.75) is 33.6 Å². The van der Waals surface area contributed by atoms with E-state index in [-0.39, 0.29) is 18.3 Å². The first-order valence-corrected chi connectivity index (χ1v) is 13.3. The number of fused-ring (bicyclic) bond motifs is 1. The third kappa shape index (κ3) is 7.11. The van der Waals surface area contributed by atoms with Gasteiger partial charge in [-0.15, -0.1) is 0 Å². The number of ether oxygens (including phenoxy) is 2. The maximum Gasteiger partial charge on any atom is 0.309 e. The van der Waals surface area contributed by atoms with Crippen molar-refractivity contribution in [3.05, 3.63) is 89.5 Å². The number of carbonyl (C=O) groups is 2. The van der Waals surface area contributed by atoms with Crippen molar-refractivity contribution in [2.75, 3.05) is 32.2 Å². The number of anilines is 2. The van der Waals surface area contributed by atoms with Crippen molar-refractivity contribution in [1.82, 2.24) is 15.3 Å².